The largest absolute Gasteiger partial charge is 0.341 e. The van der Waals surface area contributed by atoms with Crippen molar-refractivity contribution in [3.05, 3.63) is 51.6 Å². The monoisotopic (exact) mass is 551 g/mol. The van der Waals surface area contributed by atoms with E-state index in [9.17, 15) is 4.79 Å². The molecule has 38 heavy (non-hydrogen) atoms. The van der Waals surface area contributed by atoms with Crippen molar-refractivity contribution in [2.45, 2.75) is 77.7 Å². The van der Waals surface area contributed by atoms with E-state index in [1.807, 2.05) is 27.8 Å². The lowest BCUT2D eigenvalue weighted by Gasteiger charge is -2.31. The minimum atomic E-state index is -0.186. The number of pyridine rings is 1. The smallest absolute Gasteiger partial charge is 0.242 e. The normalized spacial score (nSPS) is 15.4. The van der Waals surface area contributed by atoms with Crippen LogP contribution in [-0.4, -0.2) is 53.4 Å². The fraction of sp³-hybridized carbons (Fsp3) is 0.500. The van der Waals surface area contributed by atoms with Crippen LogP contribution in [0.25, 0.3) is 22.6 Å². The Labute approximate surface area is 232 Å². The summed E-state index contributed by atoms with van der Waals surface area (Å²) in [4.78, 5) is 38.4. The van der Waals surface area contributed by atoms with Crippen molar-refractivity contribution < 1.29 is 4.79 Å². The number of aromatic nitrogens is 6. The number of thiazole rings is 1. The molecule has 0 radical (unpaired) electrons. The number of imidazole rings is 1. The van der Waals surface area contributed by atoms with Crippen LogP contribution in [0, 0.1) is 0 Å². The molecule has 5 rings (SSSR count). The predicted octanol–water partition coefficient (Wildman–Crippen LogP) is 6.00. The Balaban J connectivity index is 1.32. The van der Waals surface area contributed by atoms with E-state index in [-0.39, 0.29) is 29.2 Å². The minimum absolute atomic E-state index is 0.0803. The van der Waals surface area contributed by atoms with Crippen LogP contribution in [-0.2, 0) is 22.2 Å². The van der Waals surface area contributed by atoms with Crippen molar-refractivity contribution in [3.63, 3.8) is 0 Å². The SMILES string of the molecule is CC(C)(C)c1ncc(C(C)(C)C)c(-c2nc(C3CCN(C(=O)Cn4cnc5cccnc54)CC3)sc2Cl)n1. The first-order valence-electron chi connectivity index (χ1n) is 13.0. The number of hydrogen-bond acceptors (Lipinski definition) is 7. The summed E-state index contributed by atoms with van der Waals surface area (Å²) in [7, 11) is 0. The van der Waals surface area contributed by atoms with E-state index in [4.69, 9.17) is 21.6 Å². The maximum atomic E-state index is 13.0. The maximum absolute atomic E-state index is 13.0. The molecule has 0 aliphatic carbocycles. The Morgan fingerprint density at radius 1 is 1.03 bits per heavy atom. The molecule has 0 spiro atoms. The van der Waals surface area contributed by atoms with Gasteiger partial charge in [0.2, 0.25) is 5.91 Å². The second kappa shape index (κ2) is 10.0. The maximum Gasteiger partial charge on any atom is 0.242 e. The lowest BCUT2D eigenvalue weighted by Crippen LogP contribution is -2.39. The van der Waals surface area contributed by atoms with Gasteiger partial charge in [-0.1, -0.05) is 53.1 Å². The second-order valence-corrected chi connectivity index (χ2v) is 13.6. The van der Waals surface area contributed by atoms with Crippen LogP contribution in [0.15, 0.2) is 30.9 Å². The van der Waals surface area contributed by atoms with E-state index in [0.29, 0.717) is 17.4 Å². The Kier molecular flexibility index (Phi) is 7.02. The van der Waals surface area contributed by atoms with Gasteiger partial charge in [-0.05, 0) is 30.4 Å². The summed E-state index contributed by atoms with van der Waals surface area (Å²) in [5, 5.41) is 1.01. The highest BCUT2D eigenvalue weighted by Gasteiger charge is 2.30. The highest BCUT2D eigenvalue weighted by atomic mass is 35.5. The molecule has 1 aliphatic heterocycles. The van der Waals surface area contributed by atoms with Crippen molar-refractivity contribution in [3.8, 4) is 11.4 Å². The third-order valence-electron chi connectivity index (χ3n) is 6.97. The van der Waals surface area contributed by atoms with Crippen molar-refractivity contribution in [1.82, 2.24) is 34.4 Å². The fourth-order valence-corrected chi connectivity index (χ4v) is 6.08. The van der Waals surface area contributed by atoms with Gasteiger partial charge in [0.15, 0.2) is 5.65 Å². The van der Waals surface area contributed by atoms with Gasteiger partial charge < -0.3 is 9.47 Å². The standard InChI is InChI=1S/C28H34ClN7OS/c1-27(2,3)18-14-31-26(28(4,5)6)34-21(18)22-23(29)38-25(33-22)17-9-12-35(13-10-17)20(37)15-36-16-32-19-8-7-11-30-24(19)36/h7-8,11,14,16-17H,9-10,12-13,15H2,1-6H3. The molecule has 10 heteroatoms. The fourth-order valence-electron chi connectivity index (χ4n) is 4.74. The highest BCUT2D eigenvalue weighted by molar-refractivity contribution is 7.16. The number of amides is 1. The number of halogens is 1. The molecular weight excluding hydrogens is 518 g/mol. The molecule has 0 bridgehead atoms. The molecule has 4 aromatic rings. The summed E-state index contributed by atoms with van der Waals surface area (Å²) < 4.78 is 2.47. The average molecular weight is 552 g/mol. The van der Waals surface area contributed by atoms with Gasteiger partial charge in [-0.15, -0.1) is 11.3 Å². The van der Waals surface area contributed by atoms with E-state index in [1.165, 1.54) is 11.3 Å². The zero-order valence-corrected chi connectivity index (χ0v) is 24.4. The van der Waals surface area contributed by atoms with E-state index in [0.717, 1.165) is 51.8 Å². The van der Waals surface area contributed by atoms with Gasteiger partial charge in [-0.25, -0.2) is 24.9 Å². The molecule has 0 atom stereocenters. The van der Waals surface area contributed by atoms with Crippen LogP contribution in [0.4, 0.5) is 0 Å². The third-order valence-corrected chi connectivity index (χ3v) is 8.39. The topological polar surface area (TPSA) is 89.7 Å². The van der Waals surface area contributed by atoms with Crippen LogP contribution >= 0.6 is 22.9 Å². The molecule has 0 unspecified atom stereocenters. The van der Waals surface area contributed by atoms with Crippen LogP contribution in [0.5, 0.6) is 0 Å². The molecule has 8 nitrogen and oxygen atoms in total. The first kappa shape index (κ1) is 26.7. The predicted molar refractivity (Wildman–Crippen MR) is 152 cm³/mol. The van der Waals surface area contributed by atoms with Crippen LogP contribution in [0.2, 0.25) is 4.34 Å². The van der Waals surface area contributed by atoms with Gasteiger partial charge in [0.1, 0.15) is 27.9 Å². The number of nitrogens with zero attached hydrogens (tertiary/aromatic N) is 7. The second-order valence-electron chi connectivity index (χ2n) is 12.0. The molecule has 0 N–H and O–H groups in total. The number of fused-ring (bicyclic) bond motifs is 1. The van der Waals surface area contributed by atoms with Gasteiger partial charge >= 0.3 is 0 Å². The molecule has 1 saturated heterocycles. The molecule has 200 valence electrons. The lowest BCUT2D eigenvalue weighted by atomic mass is 9.85. The summed E-state index contributed by atoms with van der Waals surface area (Å²) in [6, 6.07) is 3.75. The molecule has 0 saturated carbocycles. The number of hydrogen-bond donors (Lipinski definition) is 0. The summed E-state index contributed by atoms with van der Waals surface area (Å²) in [5.74, 6) is 1.11. The van der Waals surface area contributed by atoms with Crippen LogP contribution < -0.4 is 0 Å². The summed E-state index contributed by atoms with van der Waals surface area (Å²) in [6.45, 7) is 14.4. The number of carbonyl (C=O) groups is 1. The van der Waals surface area contributed by atoms with Gasteiger partial charge in [-0.2, -0.15) is 0 Å². The zero-order chi connectivity index (χ0) is 27.2. The summed E-state index contributed by atoms with van der Waals surface area (Å²) >= 11 is 8.34. The van der Waals surface area contributed by atoms with Gasteiger partial charge in [0.05, 0.1) is 17.0 Å². The number of likely N-dealkylation sites (tertiary alicyclic amines) is 1. The Morgan fingerprint density at radius 2 is 1.76 bits per heavy atom. The Bertz CT molecular complexity index is 1470. The van der Waals surface area contributed by atoms with Crippen molar-refractivity contribution in [2.24, 2.45) is 0 Å². The first-order chi connectivity index (χ1) is 17.9. The van der Waals surface area contributed by atoms with Gasteiger partial charge in [-0.3, -0.25) is 4.79 Å². The van der Waals surface area contributed by atoms with Crippen LogP contribution in [0.3, 0.4) is 0 Å². The van der Waals surface area contributed by atoms with E-state index in [1.54, 1.807) is 12.5 Å². The van der Waals surface area contributed by atoms with E-state index >= 15 is 0 Å². The van der Waals surface area contributed by atoms with E-state index < -0.39 is 0 Å². The lowest BCUT2D eigenvalue weighted by molar-refractivity contribution is -0.132. The van der Waals surface area contributed by atoms with Gasteiger partial charge in [0, 0.05) is 42.4 Å². The van der Waals surface area contributed by atoms with Crippen LogP contribution in [0.1, 0.15) is 76.7 Å². The molecular formula is C28H34ClN7OS. The number of rotatable bonds is 4. The average Bonchev–Trinajstić information content (AvgIpc) is 3.46. The quantitative estimate of drug-likeness (QED) is 0.309. The molecule has 0 aromatic carbocycles. The van der Waals surface area contributed by atoms with Gasteiger partial charge in [0.25, 0.3) is 0 Å². The van der Waals surface area contributed by atoms with Crippen molar-refractivity contribution in [2.75, 3.05) is 13.1 Å². The number of carbonyl (C=O) groups excluding carboxylic acids is 1. The molecule has 5 heterocycles. The molecule has 4 aromatic heterocycles. The summed E-state index contributed by atoms with van der Waals surface area (Å²) in [5.41, 5.74) is 3.78. The van der Waals surface area contributed by atoms with Crippen molar-refractivity contribution >= 4 is 40.0 Å². The zero-order valence-electron chi connectivity index (χ0n) is 22.8. The highest BCUT2D eigenvalue weighted by Crippen LogP contribution is 2.41. The van der Waals surface area contributed by atoms with Crippen molar-refractivity contribution in [1.29, 1.82) is 0 Å². The number of piperidine rings is 1. The molecule has 1 aliphatic rings. The Morgan fingerprint density at radius 3 is 2.45 bits per heavy atom. The molecule has 1 fully saturated rings. The van der Waals surface area contributed by atoms with E-state index in [2.05, 4.69) is 56.5 Å². The Hall–Kier alpha value is -2.91. The third kappa shape index (κ3) is 5.31. The molecule has 1 amide bonds. The minimum Gasteiger partial charge on any atom is -0.341 e. The summed E-state index contributed by atoms with van der Waals surface area (Å²) in [6.07, 6.45) is 7.04. The first-order valence-corrected chi connectivity index (χ1v) is 14.2.